The van der Waals surface area contributed by atoms with Gasteiger partial charge in [-0.05, 0) is 6.26 Å². The lowest BCUT2D eigenvalue weighted by Crippen LogP contribution is -2.22. The molecule has 0 saturated carbocycles. The summed E-state index contributed by atoms with van der Waals surface area (Å²) in [4.78, 5) is 27.0. The number of carbonyl (C=O) groups is 1. The smallest absolute Gasteiger partial charge is 0.382 e. The van der Waals surface area contributed by atoms with Crippen molar-refractivity contribution in [3.8, 4) is 0 Å². The van der Waals surface area contributed by atoms with Crippen LogP contribution < -0.4 is 0 Å². The number of aliphatic hydroxyl groups is 1. The van der Waals surface area contributed by atoms with Crippen LogP contribution in [0.25, 0.3) is 0 Å². The van der Waals surface area contributed by atoms with Crippen molar-refractivity contribution in [2.45, 2.75) is 6.10 Å². The summed E-state index contributed by atoms with van der Waals surface area (Å²) in [7, 11) is -4.59. The molecule has 3 N–H and O–H groups in total. The van der Waals surface area contributed by atoms with Crippen LogP contribution in [0.15, 0.2) is 0 Å². The van der Waals surface area contributed by atoms with Crippen LogP contribution in [-0.4, -0.2) is 39.0 Å². The molecule has 1 atom stereocenters. The van der Waals surface area contributed by atoms with Gasteiger partial charge in [0.2, 0.25) is 5.12 Å². The molecule has 72 valence electrons. The summed E-state index contributed by atoms with van der Waals surface area (Å²) in [5.41, 5.74) is 0. The van der Waals surface area contributed by atoms with E-state index >= 15 is 0 Å². The molecule has 0 bridgehead atoms. The molecule has 0 aliphatic carbocycles. The van der Waals surface area contributed by atoms with E-state index in [0.29, 0.717) is 0 Å². The molecule has 12 heavy (non-hydrogen) atoms. The predicted molar refractivity (Wildman–Crippen MR) is 42.5 cm³/mol. The maximum Gasteiger partial charge on any atom is 0.469 e. The first-order valence-electron chi connectivity index (χ1n) is 2.83. The van der Waals surface area contributed by atoms with Gasteiger partial charge in [-0.2, -0.15) is 0 Å². The highest BCUT2D eigenvalue weighted by molar-refractivity contribution is 8.13. The molecule has 6 nitrogen and oxygen atoms in total. The summed E-state index contributed by atoms with van der Waals surface area (Å²) >= 11 is 0.762. The largest absolute Gasteiger partial charge is 0.469 e. The van der Waals surface area contributed by atoms with E-state index in [1.807, 2.05) is 0 Å². The Morgan fingerprint density at radius 2 is 2.17 bits per heavy atom. The molecule has 0 aliphatic rings. The number of rotatable bonds is 4. The summed E-state index contributed by atoms with van der Waals surface area (Å²) in [6.07, 6.45) is -0.0455. The molecule has 0 saturated heterocycles. The minimum atomic E-state index is -4.59. The Labute approximate surface area is 73.2 Å². The SMILES string of the molecule is CSC(=O)C(O)COP(=O)(O)O. The third-order valence-electron chi connectivity index (χ3n) is 0.874. The van der Waals surface area contributed by atoms with Crippen LogP contribution >= 0.6 is 19.6 Å². The van der Waals surface area contributed by atoms with Crippen molar-refractivity contribution in [1.82, 2.24) is 0 Å². The summed E-state index contributed by atoms with van der Waals surface area (Å²) in [5.74, 6) is 0. The molecule has 0 spiro atoms. The van der Waals surface area contributed by atoms with Crippen molar-refractivity contribution in [3.05, 3.63) is 0 Å². The van der Waals surface area contributed by atoms with Gasteiger partial charge in [-0.3, -0.25) is 9.32 Å². The van der Waals surface area contributed by atoms with Crippen molar-refractivity contribution in [2.75, 3.05) is 12.9 Å². The quantitative estimate of drug-likeness (QED) is 0.536. The molecule has 1 unspecified atom stereocenters. The van der Waals surface area contributed by atoms with E-state index in [1.54, 1.807) is 0 Å². The zero-order valence-corrected chi connectivity index (χ0v) is 7.92. The molecule has 0 rings (SSSR count). The second-order valence-electron chi connectivity index (χ2n) is 1.83. The van der Waals surface area contributed by atoms with Gasteiger partial charge in [-0.15, -0.1) is 0 Å². The second-order valence-corrected chi connectivity index (χ2v) is 3.88. The molecule has 0 aromatic carbocycles. The molecule has 0 amide bonds. The number of thioether (sulfide) groups is 1. The van der Waals surface area contributed by atoms with Gasteiger partial charge in [0.25, 0.3) is 0 Å². The van der Waals surface area contributed by atoms with Crippen LogP contribution in [0, 0.1) is 0 Å². The van der Waals surface area contributed by atoms with Crippen molar-refractivity contribution >= 4 is 24.7 Å². The fourth-order valence-corrected chi connectivity index (χ4v) is 1.05. The Kier molecular flexibility index (Phi) is 5.00. The summed E-state index contributed by atoms with van der Waals surface area (Å²) in [6, 6.07) is 0. The molecule has 0 aromatic heterocycles. The lowest BCUT2D eigenvalue weighted by atomic mass is 10.4. The second kappa shape index (κ2) is 4.96. The molecule has 0 aliphatic heterocycles. The molecular weight excluding hydrogens is 207 g/mol. The van der Waals surface area contributed by atoms with Gasteiger partial charge in [0.1, 0.15) is 6.10 Å². The molecular formula is C4H9O6PS. The summed E-state index contributed by atoms with van der Waals surface area (Å²) in [5, 5.41) is 8.25. The van der Waals surface area contributed by atoms with Gasteiger partial charge >= 0.3 is 7.82 Å². The lowest BCUT2D eigenvalue weighted by Gasteiger charge is -2.08. The van der Waals surface area contributed by atoms with Crippen molar-refractivity contribution in [2.24, 2.45) is 0 Å². The highest BCUT2D eigenvalue weighted by Gasteiger charge is 2.20. The highest BCUT2D eigenvalue weighted by atomic mass is 32.2. The predicted octanol–water partition coefficient (Wildman–Crippen LogP) is -0.654. The number of phosphoric acid groups is 1. The average Bonchev–Trinajstić information content (AvgIpc) is 1.97. The first kappa shape index (κ1) is 12.1. The van der Waals surface area contributed by atoms with E-state index in [9.17, 15) is 9.36 Å². The van der Waals surface area contributed by atoms with E-state index in [1.165, 1.54) is 6.26 Å². The van der Waals surface area contributed by atoms with Gasteiger partial charge in [-0.25, -0.2) is 4.57 Å². The van der Waals surface area contributed by atoms with Gasteiger partial charge in [0.05, 0.1) is 6.61 Å². The third kappa shape index (κ3) is 5.70. The van der Waals surface area contributed by atoms with Gasteiger partial charge < -0.3 is 14.9 Å². The highest BCUT2D eigenvalue weighted by Crippen LogP contribution is 2.35. The van der Waals surface area contributed by atoms with Crippen molar-refractivity contribution < 1.29 is 28.8 Å². The summed E-state index contributed by atoms with van der Waals surface area (Å²) < 4.78 is 14.0. The summed E-state index contributed by atoms with van der Waals surface area (Å²) in [6.45, 7) is -0.691. The minimum Gasteiger partial charge on any atom is -0.382 e. The Bertz CT molecular complexity index is 200. The molecule has 0 radical (unpaired) electrons. The van der Waals surface area contributed by atoms with Gasteiger partial charge in [0.15, 0.2) is 0 Å². The van der Waals surface area contributed by atoms with Crippen LogP contribution in [-0.2, 0) is 13.9 Å². The fourth-order valence-electron chi connectivity index (χ4n) is 0.372. The average molecular weight is 216 g/mol. The first-order chi connectivity index (χ1) is 5.37. The standard InChI is InChI=1S/C4H9O6PS/c1-12-4(6)3(5)2-10-11(7,8)9/h3,5H,2H2,1H3,(H2,7,8,9). The van der Waals surface area contributed by atoms with E-state index in [-0.39, 0.29) is 0 Å². The van der Waals surface area contributed by atoms with E-state index < -0.39 is 25.6 Å². The maximum absolute atomic E-state index is 10.6. The zero-order valence-electron chi connectivity index (χ0n) is 6.21. The minimum absolute atomic E-state index is 0.594. The maximum atomic E-state index is 10.6. The Morgan fingerprint density at radius 1 is 1.67 bits per heavy atom. The number of carbonyl (C=O) groups excluding carboxylic acids is 1. The Balaban J connectivity index is 3.79. The zero-order chi connectivity index (χ0) is 9.78. The Morgan fingerprint density at radius 3 is 2.50 bits per heavy atom. The number of hydrogen-bond donors (Lipinski definition) is 3. The van der Waals surface area contributed by atoms with Crippen LogP contribution in [0.2, 0.25) is 0 Å². The van der Waals surface area contributed by atoms with E-state index in [4.69, 9.17) is 14.9 Å². The third-order valence-corrected chi connectivity index (χ3v) is 2.03. The van der Waals surface area contributed by atoms with Crippen LogP contribution in [0.3, 0.4) is 0 Å². The first-order valence-corrected chi connectivity index (χ1v) is 5.58. The van der Waals surface area contributed by atoms with E-state index in [2.05, 4.69) is 4.52 Å². The normalized spacial score (nSPS) is 14.3. The van der Waals surface area contributed by atoms with Crippen LogP contribution in [0.4, 0.5) is 0 Å². The molecule has 0 fully saturated rings. The van der Waals surface area contributed by atoms with Gasteiger partial charge in [0, 0.05) is 0 Å². The number of phosphoric ester groups is 1. The topological polar surface area (TPSA) is 104 Å². The Hall–Kier alpha value is 0.0900. The molecule has 8 heteroatoms. The fraction of sp³-hybridized carbons (Fsp3) is 0.750. The van der Waals surface area contributed by atoms with Gasteiger partial charge in [-0.1, -0.05) is 11.8 Å². The molecule has 0 aromatic rings. The molecule has 0 heterocycles. The van der Waals surface area contributed by atoms with E-state index in [0.717, 1.165) is 11.8 Å². The monoisotopic (exact) mass is 216 g/mol. The van der Waals surface area contributed by atoms with Crippen LogP contribution in [0.1, 0.15) is 0 Å². The number of hydrogen-bond acceptors (Lipinski definition) is 5. The lowest BCUT2D eigenvalue weighted by molar-refractivity contribution is -0.119. The number of aliphatic hydroxyl groups excluding tert-OH is 1. The van der Waals surface area contributed by atoms with Crippen molar-refractivity contribution in [1.29, 1.82) is 0 Å². The van der Waals surface area contributed by atoms with Crippen LogP contribution in [0.5, 0.6) is 0 Å². The van der Waals surface area contributed by atoms with Crippen molar-refractivity contribution in [3.63, 3.8) is 0 Å².